The first kappa shape index (κ1) is 20.8. The van der Waals surface area contributed by atoms with Crippen LogP contribution < -0.4 is 0 Å². The van der Waals surface area contributed by atoms with E-state index in [2.05, 4.69) is 37.9 Å². The molecule has 0 aliphatic rings. The van der Waals surface area contributed by atoms with Crippen LogP contribution in [-0.4, -0.2) is 44.4 Å². The summed E-state index contributed by atoms with van der Waals surface area (Å²) in [5.41, 5.74) is 3.15. The second-order valence-corrected chi connectivity index (χ2v) is 8.29. The van der Waals surface area contributed by atoms with Gasteiger partial charge in [0.2, 0.25) is 5.89 Å². The van der Waals surface area contributed by atoms with E-state index in [9.17, 15) is 4.79 Å². The Morgan fingerprint density at radius 2 is 1.90 bits per heavy atom. The van der Waals surface area contributed by atoms with E-state index in [0.717, 1.165) is 17.8 Å². The maximum absolute atomic E-state index is 12.8. The van der Waals surface area contributed by atoms with Crippen LogP contribution in [0.2, 0.25) is 0 Å². The Morgan fingerprint density at radius 1 is 1.14 bits per heavy atom. The number of aryl methyl sites for hydroxylation is 1. The van der Waals surface area contributed by atoms with Crippen molar-refractivity contribution in [1.29, 1.82) is 0 Å². The minimum atomic E-state index is 0.00543. The van der Waals surface area contributed by atoms with E-state index in [1.165, 1.54) is 0 Å². The number of rotatable bonds is 7. The second-order valence-electron chi connectivity index (χ2n) is 8.29. The molecule has 0 aliphatic heterocycles. The molecule has 0 atom stereocenters. The Kier molecular flexibility index (Phi) is 6.15. The molecule has 154 valence electrons. The van der Waals surface area contributed by atoms with Gasteiger partial charge in [0.25, 0.3) is 11.8 Å². The maximum atomic E-state index is 12.8. The third-order valence-corrected chi connectivity index (χ3v) is 4.47. The summed E-state index contributed by atoms with van der Waals surface area (Å²) in [5.74, 6) is 1.77. The number of aromatic nitrogens is 4. The van der Waals surface area contributed by atoms with Crippen LogP contribution in [0.4, 0.5) is 0 Å². The van der Waals surface area contributed by atoms with Crippen molar-refractivity contribution < 1.29 is 9.21 Å². The average molecular weight is 396 g/mol. The highest BCUT2D eigenvalue weighted by atomic mass is 16.4. The third-order valence-electron chi connectivity index (χ3n) is 4.47. The van der Waals surface area contributed by atoms with Gasteiger partial charge >= 0.3 is 0 Å². The van der Waals surface area contributed by atoms with E-state index in [4.69, 9.17) is 9.52 Å². The number of hydrogen-bond acceptors (Lipinski definition) is 5. The number of carbonyl (C=O) groups excluding carboxylic acids is 1. The molecule has 0 spiro atoms. The molecule has 0 unspecified atom stereocenters. The minimum absolute atomic E-state index is 0.00543. The molecule has 0 bridgehead atoms. The van der Waals surface area contributed by atoms with Crippen LogP contribution in [0.15, 0.2) is 34.7 Å². The summed E-state index contributed by atoms with van der Waals surface area (Å²) in [7, 11) is 1.84. The summed E-state index contributed by atoms with van der Waals surface area (Å²) in [6.45, 7) is 11.0. The van der Waals surface area contributed by atoms with Gasteiger partial charge in [-0.2, -0.15) is 5.10 Å². The van der Waals surface area contributed by atoms with Gasteiger partial charge in [-0.05, 0) is 42.5 Å². The first-order valence-corrected chi connectivity index (χ1v) is 10.00. The fraction of sp³-hybridized carbons (Fsp3) is 0.455. The lowest BCUT2D eigenvalue weighted by molar-refractivity contribution is 0.0779. The molecule has 0 saturated heterocycles. The van der Waals surface area contributed by atoms with Crippen molar-refractivity contribution in [2.45, 2.75) is 41.0 Å². The molecule has 1 amide bonds. The normalized spacial score (nSPS) is 11.4. The molecular formula is C22H29N5O2. The van der Waals surface area contributed by atoms with E-state index in [1.807, 2.05) is 42.1 Å². The standard InChI is InChI=1S/C22H29N5O2/c1-14(2)10-19-12-20(21-24-23-16(5)29-21)25-27(19)18-9-7-8-17(11-18)22(28)26(6)13-15(3)4/h7-9,11-12,14-15H,10,13H2,1-6H3. The van der Waals surface area contributed by atoms with E-state index >= 15 is 0 Å². The zero-order valence-corrected chi connectivity index (χ0v) is 18.0. The lowest BCUT2D eigenvalue weighted by atomic mass is 10.1. The quantitative estimate of drug-likeness (QED) is 0.600. The van der Waals surface area contributed by atoms with E-state index < -0.39 is 0 Å². The topological polar surface area (TPSA) is 77.1 Å². The highest BCUT2D eigenvalue weighted by molar-refractivity contribution is 5.94. The second kappa shape index (κ2) is 8.59. The van der Waals surface area contributed by atoms with Gasteiger partial charge in [-0.1, -0.05) is 33.8 Å². The number of hydrogen-bond donors (Lipinski definition) is 0. The molecule has 29 heavy (non-hydrogen) atoms. The van der Waals surface area contributed by atoms with Crippen LogP contribution in [0.3, 0.4) is 0 Å². The zero-order valence-electron chi connectivity index (χ0n) is 18.0. The molecule has 3 aromatic rings. The molecule has 0 fully saturated rings. The van der Waals surface area contributed by atoms with Crippen molar-refractivity contribution in [3.05, 3.63) is 47.5 Å². The summed E-state index contributed by atoms with van der Waals surface area (Å²) in [6.07, 6.45) is 0.839. The lowest BCUT2D eigenvalue weighted by Gasteiger charge is -2.20. The molecule has 0 N–H and O–H groups in total. The molecule has 0 radical (unpaired) electrons. The minimum Gasteiger partial charge on any atom is -0.420 e. The molecule has 7 heteroatoms. The van der Waals surface area contributed by atoms with Crippen molar-refractivity contribution in [2.75, 3.05) is 13.6 Å². The Labute approximate surface area is 171 Å². The van der Waals surface area contributed by atoms with Gasteiger partial charge in [0, 0.05) is 31.8 Å². The largest absolute Gasteiger partial charge is 0.420 e. The molecular weight excluding hydrogens is 366 g/mol. The molecule has 2 heterocycles. The lowest BCUT2D eigenvalue weighted by Crippen LogP contribution is -2.30. The molecule has 0 saturated carbocycles. The summed E-state index contributed by atoms with van der Waals surface area (Å²) >= 11 is 0. The van der Waals surface area contributed by atoms with Crippen LogP contribution in [-0.2, 0) is 6.42 Å². The third kappa shape index (κ3) is 4.91. The van der Waals surface area contributed by atoms with Crippen molar-refractivity contribution in [3.8, 4) is 17.3 Å². The van der Waals surface area contributed by atoms with Gasteiger partial charge in [-0.3, -0.25) is 4.79 Å². The van der Waals surface area contributed by atoms with Gasteiger partial charge in [-0.15, -0.1) is 10.2 Å². The van der Waals surface area contributed by atoms with E-state index in [-0.39, 0.29) is 5.91 Å². The monoisotopic (exact) mass is 395 g/mol. The fourth-order valence-electron chi connectivity index (χ4n) is 3.33. The van der Waals surface area contributed by atoms with Crippen LogP contribution in [0.25, 0.3) is 17.3 Å². The molecule has 0 aliphatic carbocycles. The van der Waals surface area contributed by atoms with Crippen LogP contribution >= 0.6 is 0 Å². The average Bonchev–Trinajstić information content (AvgIpc) is 3.26. The first-order chi connectivity index (χ1) is 13.7. The molecule has 1 aromatic carbocycles. The number of carbonyl (C=O) groups is 1. The Balaban J connectivity index is 1.99. The van der Waals surface area contributed by atoms with E-state index in [1.54, 1.807) is 11.8 Å². The predicted molar refractivity (Wildman–Crippen MR) is 112 cm³/mol. The van der Waals surface area contributed by atoms with Crippen molar-refractivity contribution in [2.24, 2.45) is 11.8 Å². The number of nitrogens with zero attached hydrogens (tertiary/aromatic N) is 5. The van der Waals surface area contributed by atoms with Crippen LogP contribution in [0.1, 0.15) is 49.6 Å². The zero-order chi connectivity index (χ0) is 21.1. The highest BCUT2D eigenvalue weighted by Crippen LogP contribution is 2.23. The number of amides is 1. The van der Waals surface area contributed by atoms with E-state index in [0.29, 0.717) is 41.4 Å². The van der Waals surface area contributed by atoms with Crippen molar-refractivity contribution >= 4 is 5.91 Å². The van der Waals surface area contributed by atoms with Gasteiger partial charge < -0.3 is 9.32 Å². The molecule has 3 rings (SSSR count). The fourth-order valence-corrected chi connectivity index (χ4v) is 3.33. The Bertz CT molecular complexity index is 987. The Hall–Kier alpha value is -2.96. The van der Waals surface area contributed by atoms with Crippen molar-refractivity contribution in [1.82, 2.24) is 24.9 Å². The SMILES string of the molecule is Cc1nnc(-c2cc(CC(C)C)n(-c3cccc(C(=O)N(C)CC(C)C)c3)n2)o1. The van der Waals surface area contributed by atoms with Gasteiger partial charge in [0.05, 0.1) is 5.69 Å². The summed E-state index contributed by atoms with van der Waals surface area (Å²) in [4.78, 5) is 14.6. The van der Waals surface area contributed by atoms with Gasteiger partial charge in [0.15, 0.2) is 0 Å². The van der Waals surface area contributed by atoms with Gasteiger partial charge in [0.1, 0.15) is 5.69 Å². The smallest absolute Gasteiger partial charge is 0.268 e. The van der Waals surface area contributed by atoms with Crippen LogP contribution in [0.5, 0.6) is 0 Å². The maximum Gasteiger partial charge on any atom is 0.268 e. The van der Waals surface area contributed by atoms with Crippen LogP contribution in [0, 0.1) is 18.8 Å². The van der Waals surface area contributed by atoms with Gasteiger partial charge in [-0.25, -0.2) is 4.68 Å². The number of benzene rings is 1. The molecule has 2 aromatic heterocycles. The Morgan fingerprint density at radius 3 is 2.52 bits per heavy atom. The summed E-state index contributed by atoms with van der Waals surface area (Å²) in [5, 5.41) is 12.7. The molecule has 7 nitrogen and oxygen atoms in total. The first-order valence-electron chi connectivity index (χ1n) is 10.00. The van der Waals surface area contributed by atoms with Crippen molar-refractivity contribution in [3.63, 3.8) is 0 Å². The summed E-state index contributed by atoms with van der Waals surface area (Å²) in [6, 6.07) is 9.56. The summed E-state index contributed by atoms with van der Waals surface area (Å²) < 4.78 is 7.42. The predicted octanol–water partition coefficient (Wildman–Crippen LogP) is 4.16. The highest BCUT2D eigenvalue weighted by Gasteiger charge is 2.18.